The Morgan fingerprint density at radius 2 is 1.74 bits per heavy atom. The van der Waals surface area contributed by atoms with Gasteiger partial charge >= 0.3 is 0 Å². The quantitative estimate of drug-likeness (QED) is 0.504. The summed E-state index contributed by atoms with van der Waals surface area (Å²) in [7, 11) is 0. The fourth-order valence-electron chi connectivity index (χ4n) is 3.40. The second-order valence-corrected chi connectivity index (χ2v) is 7.54. The SMILES string of the molecule is Cc1ccc(CNC(=O)c2ccccc2NCc2cc(=O)n3cccc(C)c3n2)cc1. The molecule has 0 saturated carbocycles. The molecule has 0 radical (unpaired) electrons. The summed E-state index contributed by atoms with van der Waals surface area (Å²) in [6.45, 7) is 4.75. The molecule has 0 atom stereocenters. The average Bonchev–Trinajstić information content (AvgIpc) is 2.78. The van der Waals surface area contributed by atoms with Crippen molar-refractivity contribution in [1.82, 2.24) is 14.7 Å². The Morgan fingerprint density at radius 1 is 0.968 bits per heavy atom. The third-order valence-electron chi connectivity index (χ3n) is 5.14. The van der Waals surface area contributed by atoms with Gasteiger partial charge in [-0.05, 0) is 43.2 Å². The van der Waals surface area contributed by atoms with Crippen molar-refractivity contribution in [3.05, 3.63) is 111 Å². The fraction of sp³-hybridized carbons (Fsp3) is 0.160. The summed E-state index contributed by atoms with van der Waals surface area (Å²) in [5, 5.41) is 6.22. The van der Waals surface area contributed by atoms with Crippen molar-refractivity contribution >= 4 is 17.2 Å². The Hall–Kier alpha value is -3.93. The zero-order valence-corrected chi connectivity index (χ0v) is 17.6. The highest BCUT2D eigenvalue weighted by Crippen LogP contribution is 2.16. The van der Waals surface area contributed by atoms with Crippen molar-refractivity contribution in [2.45, 2.75) is 26.9 Å². The van der Waals surface area contributed by atoms with Crippen molar-refractivity contribution in [1.29, 1.82) is 0 Å². The van der Waals surface area contributed by atoms with Crippen molar-refractivity contribution < 1.29 is 4.79 Å². The lowest BCUT2D eigenvalue weighted by Crippen LogP contribution is -2.24. The lowest BCUT2D eigenvalue weighted by molar-refractivity contribution is 0.0951. The number of para-hydroxylation sites is 1. The molecule has 0 unspecified atom stereocenters. The predicted molar refractivity (Wildman–Crippen MR) is 122 cm³/mol. The number of nitrogens with zero attached hydrogens (tertiary/aromatic N) is 2. The smallest absolute Gasteiger partial charge is 0.258 e. The van der Waals surface area contributed by atoms with Crippen LogP contribution in [0.2, 0.25) is 0 Å². The van der Waals surface area contributed by atoms with Crippen molar-refractivity contribution in [2.75, 3.05) is 5.32 Å². The van der Waals surface area contributed by atoms with Gasteiger partial charge < -0.3 is 10.6 Å². The third-order valence-corrected chi connectivity index (χ3v) is 5.14. The number of hydrogen-bond donors (Lipinski definition) is 2. The first-order valence-corrected chi connectivity index (χ1v) is 10.2. The van der Waals surface area contributed by atoms with Crippen LogP contribution in [0.15, 0.2) is 77.7 Å². The summed E-state index contributed by atoms with van der Waals surface area (Å²) in [6.07, 6.45) is 1.71. The summed E-state index contributed by atoms with van der Waals surface area (Å²) in [4.78, 5) is 29.8. The number of aromatic nitrogens is 2. The van der Waals surface area contributed by atoms with E-state index in [1.807, 2.05) is 68.4 Å². The van der Waals surface area contributed by atoms with Gasteiger partial charge in [0.05, 0.1) is 17.8 Å². The molecule has 156 valence electrons. The minimum Gasteiger partial charge on any atom is -0.379 e. The van der Waals surface area contributed by atoms with Gasteiger partial charge in [-0.25, -0.2) is 4.98 Å². The maximum atomic E-state index is 12.8. The van der Waals surface area contributed by atoms with Gasteiger partial charge in [-0.1, -0.05) is 48.0 Å². The normalized spacial score (nSPS) is 10.8. The van der Waals surface area contributed by atoms with Crippen molar-refractivity contribution in [3.8, 4) is 0 Å². The largest absolute Gasteiger partial charge is 0.379 e. The van der Waals surface area contributed by atoms with Gasteiger partial charge in [0.2, 0.25) is 0 Å². The van der Waals surface area contributed by atoms with Gasteiger partial charge in [0.25, 0.3) is 11.5 Å². The van der Waals surface area contributed by atoms with Crippen LogP contribution in [0.4, 0.5) is 5.69 Å². The van der Waals surface area contributed by atoms with Crippen LogP contribution in [0.5, 0.6) is 0 Å². The summed E-state index contributed by atoms with van der Waals surface area (Å²) >= 11 is 0. The molecule has 6 heteroatoms. The fourth-order valence-corrected chi connectivity index (χ4v) is 3.40. The molecule has 2 aromatic carbocycles. The van der Waals surface area contributed by atoms with Crippen molar-refractivity contribution in [3.63, 3.8) is 0 Å². The number of fused-ring (bicyclic) bond motifs is 1. The Balaban J connectivity index is 1.49. The van der Waals surface area contributed by atoms with Gasteiger partial charge in [-0.15, -0.1) is 0 Å². The van der Waals surface area contributed by atoms with Crippen molar-refractivity contribution in [2.24, 2.45) is 0 Å². The number of hydrogen-bond acceptors (Lipinski definition) is 4. The molecule has 6 nitrogen and oxygen atoms in total. The Bertz CT molecular complexity index is 1290. The van der Waals surface area contributed by atoms with Crippen LogP contribution in [0.25, 0.3) is 5.65 Å². The molecular weight excluding hydrogens is 388 g/mol. The van der Waals surface area contributed by atoms with E-state index < -0.39 is 0 Å². The zero-order valence-electron chi connectivity index (χ0n) is 17.6. The second kappa shape index (κ2) is 8.83. The Labute approximate surface area is 180 Å². The highest BCUT2D eigenvalue weighted by Gasteiger charge is 2.11. The molecule has 4 aromatic rings. The standard InChI is InChI=1S/C25H24N4O2/c1-17-9-11-19(12-10-17)15-27-25(31)21-7-3-4-8-22(21)26-16-20-14-23(30)29-13-5-6-18(2)24(29)28-20/h3-14,26H,15-16H2,1-2H3,(H,27,31). The van der Waals surface area contributed by atoms with Crippen LogP contribution < -0.4 is 16.2 Å². The lowest BCUT2D eigenvalue weighted by Gasteiger charge is -2.13. The molecule has 2 aromatic heterocycles. The van der Waals surface area contributed by atoms with E-state index in [1.54, 1.807) is 12.3 Å². The Morgan fingerprint density at radius 3 is 2.55 bits per heavy atom. The minimum atomic E-state index is -0.161. The number of pyridine rings is 1. The van der Waals surface area contributed by atoms with Crippen LogP contribution >= 0.6 is 0 Å². The van der Waals surface area contributed by atoms with Gasteiger partial charge in [-0.2, -0.15) is 0 Å². The first kappa shape index (κ1) is 20.3. The van der Waals surface area contributed by atoms with E-state index in [2.05, 4.69) is 15.6 Å². The summed E-state index contributed by atoms with van der Waals surface area (Å²) in [5.74, 6) is -0.161. The number of carbonyl (C=O) groups is 1. The molecule has 0 saturated heterocycles. The molecular formula is C25H24N4O2. The number of rotatable bonds is 6. The molecule has 0 aliphatic carbocycles. The topological polar surface area (TPSA) is 75.5 Å². The molecule has 0 aliphatic rings. The number of nitrogens with one attached hydrogen (secondary N) is 2. The summed E-state index contributed by atoms with van der Waals surface area (Å²) in [6, 6.07) is 20.6. The maximum absolute atomic E-state index is 12.8. The van der Waals surface area contributed by atoms with E-state index in [4.69, 9.17) is 0 Å². The lowest BCUT2D eigenvalue weighted by atomic mass is 10.1. The van der Waals surface area contributed by atoms with Crippen LogP contribution in [0.3, 0.4) is 0 Å². The van der Waals surface area contributed by atoms with E-state index in [9.17, 15) is 9.59 Å². The van der Waals surface area contributed by atoms with E-state index in [1.165, 1.54) is 16.0 Å². The number of anilines is 1. The molecule has 0 aliphatic heterocycles. The summed E-state index contributed by atoms with van der Waals surface area (Å²) in [5.41, 5.74) is 5.51. The zero-order chi connectivity index (χ0) is 21.8. The first-order chi connectivity index (χ1) is 15.0. The highest BCUT2D eigenvalue weighted by atomic mass is 16.1. The van der Waals surface area contributed by atoms with E-state index in [0.29, 0.717) is 35.7 Å². The van der Waals surface area contributed by atoms with Crippen LogP contribution in [-0.2, 0) is 13.1 Å². The number of carbonyl (C=O) groups excluding carboxylic acids is 1. The molecule has 0 bridgehead atoms. The predicted octanol–water partition coefficient (Wildman–Crippen LogP) is 3.85. The maximum Gasteiger partial charge on any atom is 0.258 e. The number of aryl methyl sites for hydroxylation is 2. The van der Waals surface area contributed by atoms with Gasteiger partial charge in [0.1, 0.15) is 5.65 Å². The van der Waals surface area contributed by atoms with Crippen LogP contribution in [0.1, 0.15) is 32.7 Å². The van der Waals surface area contributed by atoms with Gasteiger partial charge in [-0.3, -0.25) is 14.0 Å². The molecule has 1 amide bonds. The third kappa shape index (κ3) is 4.64. The number of amides is 1. The van der Waals surface area contributed by atoms with E-state index >= 15 is 0 Å². The number of benzene rings is 2. The molecule has 4 rings (SSSR count). The second-order valence-electron chi connectivity index (χ2n) is 7.54. The van der Waals surface area contributed by atoms with E-state index in [0.717, 1.165) is 11.1 Å². The summed E-state index contributed by atoms with van der Waals surface area (Å²) < 4.78 is 1.53. The Kier molecular flexibility index (Phi) is 5.80. The monoisotopic (exact) mass is 412 g/mol. The highest BCUT2D eigenvalue weighted by molar-refractivity contribution is 5.99. The van der Waals surface area contributed by atoms with Gasteiger partial charge in [0, 0.05) is 24.5 Å². The molecule has 0 fully saturated rings. The molecule has 2 N–H and O–H groups in total. The minimum absolute atomic E-state index is 0.130. The molecule has 31 heavy (non-hydrogen) atoms. The molecule has 2 heterocycles. The van der Waals surface area contributed by atoms with Crippen LogP contribution in [-0.4, -0.2) is 15.3 Å². The average molecular weight is 412 g/mol. The first-order valence-electron chi connectivity index (χ1n) is 10.2. The van der Waals surface area contributed by atoms with E-state index in [-0.39, 0.29) is 11.5 Å². The van der Waals surface area contributed by atoms with Gasteiger partial charge in [0.15, 0.2) is 0 Å². The van der Waals surface area contributed by atoms with Crippen LogP contribution in [0, 0.1) is 13.8 Å². The molecule has 0 spiro atoms.